The average molecular weight is 472 g/mol. The van der Waals surface area contributed by atoms with Crippen molar-refractivity contribution in [1.29, 1.82) is 0 Å². The minimum atomic E-state index is -0.409. The van der Waals surface area contributed by atoms with Crippen molar-refractivity contribution >= 4 is 40.0 Å². The van der Waals surface area contributed by atoms with Crippen LogP contribution < -0.4 is 10.9 Å². The van der Waals surface area contributed by atoms with Crippen LogP contribution >= 0.6 is 11.6 Å². The fourth-order valence-corrected chi connectivity index (χ4v) is 4.59. The molecule has 0 bridgehead atoms. The van der Waals surface area contributed by atoms with E-state index in [0.717, 1.165) is 12.0 Å². The smallest absolute Gasteiger partial charge is 0.255 e. The van der Waals surface area contributed by atoms with Gasteiger partial charge in [-0.15, -0.1) is 0 Å². The quantitative estimate of drug-likeness (QED) is 0.476. The first-order valence-corrected chi connectivity index (χ1v) is 11.4. The summed E-state index contributed by atoms with van der Waals surface area (Å²) >= 11 is 6.13. The molecule has 0 spiro atoms. The Hall–Kier alpha value is -3.90. The third-order valence-electron chi connectivity index (χ3n) is 6.12. The lowest BCUT2D eigenvalue weighted by molar-refractivity contribution is -0.116. The van der Waals surface area contributed by atoms with Crippen LogP contribution in [0, 0.1) is 0 Å². The number of hydrogen-bond donors (Lipinski definition) is 1. The van der Waals surface area contributed by atoms with Crippen LogP contribution in [0.15, 0.2) is 83.7 Å². The molecule has 2 amide bonds. The molecule has 7 heteroatoms. The molecule has 0 aliphatic carbocycles. The van der Waals surface area contributed by atoms with E-state index < -0.39 is 5.56 Å². The second-order valence-electron chi connectivity index (χ2n) is 8.27. The van der Waals surface area contributed by atoms with E-state index in [0.29, 0.717) is 40.3 Å². The van der Waals surface area contributed by atoms with E-state index >= 15 is 0 Å². The average Bonchev–Trinajstić information content (AvgIpc) is 2.86. The number of rotatable bonds is 4. The van der Waals surface area contributed by atoms with Gasteiger partial charge in [-0.1, -0.05) is 66.2 Å². The van der Waals surface area contributed by atoms with Gasteiger partial charge >= 0.3 is 0 Å². The Morgan fingerprint density at radius 2 is 1.62 bits per heavy atom. The first kappa shape index (κ1) is 21.9. The summed E-state index contributed by atoms with van der Waals surface area (Å²) in [6.45, 7) is 0.899. The molecule has 0 saturated heterocycles. The van der Waals surface area contributed by atoms with Gasteiger partial charge in [0.25, 0.3) is 11.5 Å². The number of anilines is 1. The molecule has 0 saturated carbocycles. The molecule has 1 aliphatic rings. The second kappa shape index (κ2) is 9.15. The Bertz CT molecular complexity index is 1480. The van der Waals surface area contributed by atoms with Gasteiger partial charge < -0.3 is 10.2 Å². The molecule has 34 heavy (non-hydrogen) atoms. The zero-order chi connectivity index (χ0) is 23.7. The van der Waals surface area contributed by atoms with Gasteiger partial charge in [0.2, 0.25) is 5.91 Å². The minimum absolute atomic E-state index is 0.185. The monoisotopic (exact) mass is 471 g/mol. The van der Waals surface area contributed by atoms with Gasteiger partial charge in [-0.2, -0.15) is 0 Å². The van der Waals surface area contributed by atoms with Gasteiger partial charge in [0.15, 0.2) is 0 Å². The molecule has 1 N–H and O–H groups in total. The first-order chi connectivity index (χ1) is 16.5. The molecule has 0 fully saturated rings. The van der Waals surface area contributed by atoms with Crippen molar-refractivity contribution < 1.29 is 9.59 Å². The Balaban J connectivity index is 1.46. The van der Waals surface area contributed by atoms with Crippen molar-refractivity contribution in [2.45, 2.75) is 19.5 Å². The van der Waals surface area contributed by atoms with E-state index in [1.165, 1.54) is 16.2 Å². The minimum Gasteiger partial charge on any atom is -0.334 e. The molecule has 0 atom stereocenters. The molecule has 0 radical (unpaired) electrons. The Labute approximate surface area is 201 Å². The number of carbonyl (C=O) groups excluding carboxylic acids is 2. The lowest BCUT2D eigenvalue weighted by Crippen LogP contribution is -2.37. The van der Waals surface area contributed by atoms with Crippen LogP contribution in [0.25, 0.3) is 10.9 Å². The number of hydrogen-bond acceptors (Lipinski definition) is 3. The van der Waals surface area contributed by atoms with E-state index in [-0.39, 0.29) is 18.4 Å². The summed E-state index contributed by atoms with van der Waals surface area (Å²) in [6, 6.07) is 23.5. The van der Waals surface area contributed by atoms with Gasteiger partial charge in [0.1, 0.15) is 6.54 Å². The highest BCUT2D eigenvalue weighted by Crippen LogP contribution is 2.24. The molecule has 6 nitrogen and oxygen atoms in total. The number of fused-ring (bicyclic) bond motifs is 2. The SMILES string of the molecule is O=C(Cn1c(=O)cc(C(=O)N2CCc3ccccc3C2)c2ccccc21)Nc1ccccc1Cl. The maximum atomic E-state index is 13.5. The van der Waals surface area contributed by atoms with E-state index in [4.69, 9.17) is 11.6 Å². The predicted octanol–water partition coefficient (Wildman–Crippen LogP) is 4.49. The number of nitrogens with one attached hydrogen (secondary N) is 1. The molecule has 4 aromatic rings. The van der Waals surface area contributed by atoms with Gasteiger partial charge in [-0.3, -0.25) is 19.0 Å². The molecular formula is C27H22ClN3O3. The van der Waals surface area contributed by atoms with Crippen molar-refractivity contribution in [2.75, 3.05) is 11.9 Å². The maximum Gasteiger partial charge on any atom is 0.255 e. The zero-order valence-electron chi connectivity index (χ0n) is 18.3. The second-order valence-corrected chi connectivity index (χ2v) is 8.68. The van der Waals surface area contributed by atoms with Crippen LogP contribution in [0.5, 0.6) is 0 Å². The van der Waals surface area contributed by atoms with Crippen LogP contribution in [0.4, 0.5) is 5.69 Å². The van der Waals surface area contributed by atoms with Crippen molar-refractivity contribution in [2.24, 2.45) is 0 Å². The first-order valence-electron chi connectivity index (χ1n) is 11.0. The van der Waals surface area contributed by atoms with Crippen molar-refractivity contribution in [3.05, 3.63) is 111 Å². The summed E-state index contributed by atoms with van der Waals surface area (Å²) in [4.78, 5) is 41.0. The van der Waals surface area contributed by atoms with Crippen molar-refractivity contribution in [1.82, 2.24) is 9.47 Å². The van der Waals surface area contributed by atoms with Crippen LogP contribution in [0.1, 0.15) is 21.5 Å². The number of halogens is 1. The molecule has 3 aromatic carbocycles. The van der Waals surface area contributed by atoms with E-state index in [2.05, 4.69) is 11.4 Å². The Morgan fingerprint density at radius 1 is 0.912 bits per heavy atom. The highest BCUT2D eigenvalue weighted by molar-refractivity contribution is 6.33. The van der Waals surface area contributed by atoms with Crippen LogP contribution in [-0.2, 0) is 24.3 Å². The Kier molecular flexibility index (Phi) is 5.90. The molecule has 1 aliphatic heterocycles. The lowest BCUT2D eigenvalue weighted by Gasteiger charge is -2.29. The van der Waals surface area contributed by atoms with Crippen LogP contribution in [0.3, 0.4) is 0 Å². The molecule has 2 heterocycles. The highest BCUT2D eigenvalue weighted by atomic mass is 35.5. The largest absolute Gasteiger partial charge is 0.334 e. The maximum absolute atomic E-state index is 13.5. The molecule has 5 rings (SSSR count). The van der Waals surface area contributed by atoms with E-state index in [9.17, 15) is 14.4 Å². The third-order valence-corrected chi connectivity index (χ3v) is 6.45. The summed E-state index contributed by atoms with van der Waals surface area (Å²) in [5, 5.41) is 3.79. The number of benzene rings is 3. The van der Waals surface area contributed by atoms with Gasteiger partial charge in [-0.25, -0.2) is 0 Å². The standard InChI is InChI=1S/C27H22ClN3O3/c28-22-10-4-5-11-23(22)29-25(32)17-31-24-12-6-3-9-20(24)21(15-26(31)33)27(34)30-14-13-18-7-1-2-8-19(18)16-30/h1-12,15H,13-14,16-17H2,(H,29,32). The van der Waals surface area contributed by atoms with Gasteiger partial charge in [-0.05, 0) is 35.7 Å². The summed E-state index contributed by atoms with van der Waals surface area (Å²) in [7, 11) is 0. The van der Waals surface area contributed by atoms with Crippen molar-refractivity contribution in [3.63, 3.8) is 0 Å². The molecule has 0 unspecified atom stereocenters. The van der Waals surface area contributed by atoms with Gasteiger partial charge in [0.05, 0.1) is 21.8 Å². The number of carbonyl (C=O) groups is 2. The number of amides is 2. The summed E-state index contributed by atoms with van der Waals surface area (Å²) < 4.78 is 1.38. The highest BCUT2D eigenvalue weighted by Gasteiger charge is 2.24. The molecule has 1 aromatic heterocycles. The number of aromatic nitrogens is 1. The Morgan fingerprint density at radius 3 is 2.44 bits per heavy atom. The number of nitrogens with zero attached hydrogens (tertiary/aromatic N) is 2. The molecular weight excluding hydrogens is 450 g/mol. The zero-order valence-corrected chi connectivity index (χ0v) is 19.1. The number of para-hydroxylation sites is 2. The van der Waals surface area contributed by atoms with Crippen molar-refractivity contribution in [3.8, 4) is 0 Å². The van der Waals surface area contributed by atoms with Crippen LogP contribution in [0.2, 0.25) is 5.02 Å². The summed E-state index contributed by atoms with van der Waals surface area (Å²) in [5.74, 6) is -0.567. The normalized spacial score (nSPS) is 12.9. The fourth-order valence-electron chi connectivity index (χ4n) is 4.41. The van der Waals surface area contributed by atoms with E-state index in [1.807, 2.05) is 30.3 Å². The topological polar surface area (TPSA) is 71.4 Å². The molecule has 170 valence electrons. The third kappa shape index (κ3) is 4.20. The predicted molar refractivity (Wildman–Crippen MR) is 133 cm³/mol. The van der Waals surface area contributed by atoms with E-state index in [1.54, 1.807) is 41.3 Å². The lowest BCUT2D eigenvalue weighted by atomic mass is 9.98. The summed E-state index contributed by atoms with van der Waals surface area (Å²) in [5.41, 5.74) is 3.32. The van der Waals surface area contributed by atoms with Gasteiger partial charge in [0, 0.05) is 24.5 Å². The number of pyridine rings is 1. The summed E-state index contributed by atoms with van der Waals surface area (Å²) in [6.07, 6.45) is 0.777. The fraction of sp³-hybridized carbons (Fsp3) is 0.148. The van der Waals surface area contributed by atoms with Crippen LogP contribution in [-0.4, -0.2) is 27.8 Å².